The molecular weight excluding hydrogens is 1070 g/mol. The van der Waals surface area contributed by atoms with Crippen molar-refractivity contribution < 1.29 is 18.9 Å². The molecule has 420 valence electrons. The van der Waals surface area contributed by atoms with Crippen LogP contribution >= 0.6 is 47.0 Å². The number of nitrogen functional groups attached to an aromatic ring is 3. The Balaban J connectivity index is 0.000000295. The van der Waals surface area contributed by atoms with Crippen LogP contribution in [0.1, 0.15) is 117 Å². The number of nitrogens with zero attached hydrogens (tertiary/aromatic N) is 5. The third-order valence-electron chi connectivity index (χ3n) is 12.4. The summed E-state index contributed by atoms with van der Waals surface area (Å²) in [6, 6.07) is 40.1. The van der Waals surface area contributed by atoms with E-state index in [1.54, 1.807) is 0 Å². The highest BCUT2D eigenvalue weighted by Crippen LogP contribution is 2.55. The molecule has 0 spiro atoms. The minimum absolute atomic E-state index is 0.175. The van der Waals surface area contributed by atoms with E-state index in [2.05, 4.69) is 117 Å². The minimum atomic E-state index is 0.175. The van der Waals surface area contributed by atoms with E-state index in [9.17, 15) is 21.0 Å². The zero-order chi connectivity index (χ0) is 58.3. The van der Waals surface area contributed by atoms with Gasteiger partial charge in [0.25, 0.3) is 0 Å². The molecule has 0 aromatic heterocycles. The van der Waals surface area contributed by atoms with Crippen LogP contribution in [0.3, 0.4) is 0 Å². The fourth-order valence-electron chi connectivity index (χ4n) is 7.73. The topological polar surface area (TPSA) is 213 Å². The molecule has 6 aromatic carbocycles. The molecule has 80 heavy (non-hydrogen) atoms. The molecule has 0 unspecified atom stereocenters. The predicted molar refractivity (Wildman–Crippen MR) is 331 cm³/mol. The summed E-state index contributed by atoms with van der Waals surface area (Å²) >= 11 is 5.84. The van der Waals surface area contributed by atoms with Crippen LogP contribution in [-0.2, 0) is 0 Å². The summed E-state index contributed by atoms with van der Waals surface area (Å²) in [6.07, 6.45) is 3.23. The number of ether oxygens (including phenoxy) is 4. The van der Waals surface area contributed by atoms with Gasteiger partial charge in [0.2, 0.25) is 0 Å². The van der Waals surface area contributed by atoms with Gasteiger partial charge in [-0.2, -0.15) is 21.0 Å². The standard InChI is InChI=1S/C34H42N4O2S2.C30H34N4O2S2/c1-7-38(8-2)25-12-11-13-26(20-25)41-33-31(39-18-16-23(3)4)27(21-35)28(22-36)32(40-19-17-24(5)6)34(33)42-30-15-10-9-14-29(30)37;1-19(2)13-15-35-27-23(17-31)24(18-32)28(36-16-14-20(3)4)30(38-26-8-6-5-7-25(26)34)29(27)37-22-11-9-21(33)10-12-22/h9-15,20,23-24H,7-8,16-19,37H2,1-6H3;5-12,19-20H,13-16,33-34H2,1-4H3. The Kier molecular flexibility index (Phi) is 25.9. The molecule has 12 nitrogen and oxygen atoms in total. The highest BCUT2D eigenvalue weighted by Gasteiger charge is 2.31. The summed E-state index contributed by atoms with van der Waals surface area (Å²) in [5, 5.41) is 41.2. The van der Waals surface area contributed by atoms with Crippen molar-refractivity contribution in [3.05, 3.63) is 119 Å². The fraction of sp³-hybridized carbons (Fsp3) is 0.375. The van der Waals surface area contributed by atoms with Crippen LogP contribution < -0.4 is 41.0 Å². The van der Waals surface area contributed by atoms with Gasteiger partial charge in [0, 0.05) is 55.4 Å². The molecule has 0 fully saturated rings. The summed E-state index contributed by atoms with van der Waals surface area (Å²) in [5.41, 5.74) is 22.4. The maximum absolute atomic E-state index is 10.4. The van der Waals surface area contributed by atoms with Crippen molar-refractivity contribution in [1.82, 2.24) is 0 Å². The summed E-state index contributed by atoms with van der Waals surface area (Å²) in [5.74, 6) is 3.26. The highest BCUT2D eigenvalue weighted by molar-refractivity contribution is 8.03. The Morgan fingerprint density at radius 2 is 0.762 bits per heavy atom. The maximum atomic E-state index is 10.4. The molecule has 6 rings (SSSR count). The van der Waals surface area contributed by atoms with Crippen LogP contribution in [0.25, 0.3) is 0 Å². The van der Waals surface area contributed by atoms with Crippen molar-refractivity contribution in [2.45, 2.75) is 134 Å². The first-order valence-corrected chi connectivity index (χ1v) is 30.5. The molecule has 0 bridgehead atoms. The minimum Gasteiger partial charge on any atom is -0.491 e. The van der Waals surface area contributed by atoms with Crippen molar-refractivity contribution in [2.75, 3.05) is 61.6 Å². The molecule has 0 amide bonds. The molecule has 6 aromatic rings. The molecule has 0 aliphatic heterocycles. The number of hydrogen-bond donors (Lipinski definition) is 3. The second-order valence-electron chi connectivity index (χ2n) is 20.4. The molecule has 0 saturated carbocycles. The van der Waals surface area contributed by atoms with Crippen LogP contribution in [0, 0.1) is 69.0 Å². The first kappa shape index (κ1) is 63.9. The van der Waals surface area contributed by atoms with Gasteiger partial charge in [0.15, 0.2) is 23.0 Å². The SMILES string of the molecule is CC(C)CCOc1c(C#N)c(C#N)c(OCCC(C)C)c(Sc2ccccc2N)c1Sc1ccc(N)cc1.CCN(CC)c1cccc(Sc2c(OCCC(C)C)c(C#N)c(C#N)c(OCCC(C)C)c2Sc2ccccc2N)c1. The number of anilines is 4. The smallest absolute Gasteiger partial charge is 0.153 e. The lowest BCUT2D eigenvalue weighted by Crippen LogP contribution is -2.21. The maximum Gasteiger partial charge on any atom is 0.153 e. The monoisotopic (exact) mass is 1150 g/mol. The molecule has 0 radical (unpaired) electrons. The Labute approximate surface area is 492 Å². The van der Waals surface area contributed by atoms with E-state index < -0.39 is 0 Å². The van der Waals surface area contributed by atoms with E-state index in [0.29, 0.717) is 100.0 Å². The summed E-state index contributed by atoms with van der Waals surface area (Å²) in [6.45, 7) is 24.7. The number of rotatable bonds is 27. The van der Waals surface area contributed by atoms with Gasteiger partial charge in [-0.15, -0.1) is 0 Å². The van der Waals surface area contributed by atoms with Crippen LogP contribution in [-0.4, -0.2) is 39.5 Å². The lowest BCUT2D eigenvalue weighted by atomic mass is 10.1. The third kappa shape index (κ3) is 18.0. The average Bonchev–Trinajstić information content (AvgIpc) is 3.51. The molecule has 0 aliphatic rings. The van der Waals surface area contributed by atoms with E-state index in [0.717, 1.165) is 73.8 Å². The van der Waals surface area contributed by atoms with E-state index in [1.165, 1.54) is 47.0 Å². The highest BCUT2D eigenvalue weighted by atomic mass is 32.2. The van der Waals surface area contributed by atoms with E-state index >= 15 is 0 Å². The van der Waals surface area contributed by atoms with Gasteiger partial charge in [-0.05, 0) is 130 Å². The van der Waals surface area contributed by atoms with Gasteiger partial charge in [-0.3, -0.25) is 0 Å². The van der Waals surface area contributed by atoms with Crippen molar-refractivity contribution in [3.8, 4) is 47.3 Å². The Bertz CT molecular complexity index is 3170. The van der Waals surface area contributed by atoms with E-state index in [-0.39, 0.29) is 22.3 Å². The second-order valence-corrected chi connectivity index (χ2v) is 24.7. The van der Waals surface area contributed by atoms with Gasteiger partial charge < -0.3 is 41.0 Å². The number of nitriles is 4. The third-order valence-corrected chi connectivity index (χ3v) is 17.2. The van der Waals surface area contributed by atoms with Crippen LogP contribution in [0.15, 0.2) is 136 Å². The van der Waals surface area contributed by atoms with Crippen LogP contribution in [0.2, 0.25) is 0 Å². The van der Waals surface area contributed by atoms with E-state index in [4.69, 9.17) is 36.1 Å². The fourth-order valence-corrected chi connectivity index (χ4v) is 12.2. The lowest BCUT2D eigenvalue weighted by molar-refractivity contribution is 0.269. The Hall–Kier alpha value is -6.92. The van der Waals surface area contributed by atoms with Crippen molar-refractivity contribution in [3.63, 3.8) is 0 Å². The first-order valence-electron chi connectivity index (χ1n) is 27.2. The van der Waals surface area contributed by atoms with Gasteiger partial charge in [0.1, 0.15) is 46.5 Å². The second kappa shape index (κ2) is 32.4. The van der Waals surface area contributed by atoms with E-state index in [1.807, 2.05) is 78.9 Å². The summed E-state index contributed by atoms with van der Waals surface area (Å²) in [7, 11) is 0. The number of nitrogens with two attached hydrogens (primary N) is 3. The lowest BCUT2D eigenvalue weighted by Gasteiger charge is -2.24. The predicted octanol–water partition coefficient (Wildman–Crippen LogP) is 16.8. The van der Waals surface area contributed by atoms with Gasteiger partial charge in [0.05, 0.1) is 46.0 Å². The zero-order valence-corrected chi connectivity index (χ0v) is 51.1. The van der Waals surface area contributed by atoms with Crippen molar-refractivity contribution in [1.29, 1.82) is 21.0 Å². The normalized spacial score (nSPS) is 10.9. The van der Waals surface area contributed by atoms with Gasteiger partial charge in [-0.25, -0.2) is 0 Å². The Morgan fingerprint density at radius 1 is 0.425 bits per heavy atom. The van der Waals surface area contributed by atoms with Crippen LogP contribution in [0.5, 0.6) is 23.0 Å². The molecular formula is C64H76N8O4S4. The van der Waals surface area contributed by atoms with Gasteiger partial charge >= 0.3 is 0 Å². The molecule has 0 aliphatic carbocycles. The van der Waals surface area contributed by atoms with Crippen molar-refractivity contribution in [2.24, 2.45) is 23.7 Å². The molecule has 6 N–H and O–H groups in total. The largest absolute Gasteiger partial charge is 0.491 e. The summed E-state index contributed by atoms with van der Waals surface area (Å²) < 4.78 is 25.4. The quantitative estimate of drug-likeness (QED) is 0.0409. The van der Waals surface area contributed by atoms with Crippen LogP contribution in [0.4, 0.5) is 22.7 Å². The Morgan fingerprint density at radius 3 is 1.09 bits per heavy atom. The summed E-state index contributed by atoms with van der Waals surface area (Å²) in [4.78, 5) is 8.75. The number of para-hydroxylation sites is 2. The molecule has 16 heteroatoms. The molecule has 0 heterocycles. The number of benzene rings is 6. The van der Waals surface area contributed by atoms with Crippen molar-refractivity contribution >= 4 is 69.8 Å². The molecule has 0 atom stereocenters. The van der Waals surface area contributed by atoms with Gasteiger partial charge in [-0.1, -0.05) is 133 Å². The first-order chi connectivity index (χ1) is 38.5. The zero-order valence-electron chi connectivity index (χ0n) is 47.9. The average molecular weight is 1150 g/mol. The number of hydrogen-bond acceptors (Lipinski definition) is 16. The molecule has 0 saturated heterocycles.